The lowest BCUT2D eigenvalue weighted by Gasteiger charge is -1.86. The smallest absolute Gasteiger partial charge is 0.194 e. The highest BCUT2D eigenvalue weighted by atomic mass is 32.1. The van der Waals surface area contributed by atoms with Gasteiger partial charge in [0.1, 0.15) is 11.4 Å². The molecule has 0 aromatic carbocycles. The van der Waals surface area contributed by atoms with Gasteiger partial charge in [-0.3, -0.25) is 4.40 Å². The number of thiazole rings is 2. The molecule has 3 nitrogen and oxygen atoms in total. The average molecular weight is 221 g/mol. The fourth-order valence-electron chi connectivity index (χ4n) is 1.36. The molecule has 3 aromatic rings. The Morgan fingerprint density at radius 1 is 1.29 bits per heavy atom. The van der Waals surface area contributed by atoms with Crippen molar-refractivity contribution in [3.8, 4) is 11.4 Å². The van der Waals surface area contributed by atoms with Crippen LogP contribution in [0.25, 0.3) is 16.3 Å². The molecule has 0 fully saturated rings. The monoisotopic (exact) mass is 221 g/mol. The van der Waals surface area contributed by atoms with Gasteiger partial charge in [-0.2, -0.15) is 0 Å². The Hall–Kier alpha value is -1.20. The van der Waals surface area contributed by atoms with Crippen LogP contribution in [0.2, 0.25) is 0 Å². The highest BCUT2D eigenvalue weighted by molar-refractivity contribution is 7.15. The number of aryl methyl sites for hydroxylation is 1. The molecule has 0 aliphatic heterocycles. The zero-order valence-electron chi connectivity index (χ0n) is 7.47. The van der Waals surface area contributed by atoms with E-state index < -0.39 is 0 Å². The van der Waals surface area contributed by atoms with Crippen LogP contribution in [0.5, 0.6) is 0 Å². The molecule has 5 heteroatoms. The summed E-state index contributed by atoms with van der Waals surface area (Å²) in [5, 5.41) is 4.12. The Bertz CT molecular complexity index is 562. The predicted molar refractivity (Wildman–Crippen MR) is 58.9 cm³/mol. The second kappa shape index (κ2) is 2.90. The fourth-order valence-corrected chi connectivity index (χ4v) is 2.75. The molecule has 3 heterocycles. The Labute approximate surface area is 88.7 Å². The minimum atomic E-state index is 0.959. The van der Waals surface area contributed by atoms with Gasteiger partial charge in [-0.25, -0.2) is 9.97 Å². The molecule has 0 atom stereocenters. The Morgan fingerprint density at radius 2 is 2.21 bits per heavy atom. The van der Waals surface area contributed by atoms with Crippen molar-refractivity contribution >= 4 is 27.6 Å². The molecule has 0 bridgehead atoms. The largest absolute Gasteiger partial charge is 0.294 e. The van der Waals surface area contributed by atoms with Crippen LogP contribution in [0.4, 0.5) is 0 Å². The molecule has 14 heavy (non-hydrogen) atoms. The van der Waals surface area contributed by atoms with Gasteiger partial charge >= 0.3 is 0 Å². The van der Waals surface area contributed by atoms with Gasteiger partial charge in [-0.1, -0.05) is 0 Å². The number of aromatic nitrogens is 3. The van der Waals surface area contributed by atoms with Gasteiger partial charge in [-0.15, -0.1) is 22.7 Å². The van der Waals surface area contributed by atoms with Gasteiger partial charge in [0, 0.05) is 22.7 Å². The van der Waals surface area contributed by atoms with Crippen LogP contribution in [-0.2, 0) is 0 Å². The summed E-state index contributed by atoms with van der Waals surface area (Å²) in [5.41, 5.74) is 4.97. The molecule has 0 N–H and O–H groups in total. The third kappa shape index (κ3) is 1.09. The van der Waals surface area contributed by atoms with E-state index in [1.807, 2.05) is 17.1 Å². The van der Waals surface area contributed by atoms with E-state index in [9.17, 15) is 0 Å². The third-order valence-corrected chi connectivity index (χ3v) is 3.63. The number of rotatable bonds is 1. The van der Waals surface area contributed by atoms with E-state index >= 15 is 0 Å². The van der Waals surface area contributed by atoms with Crippen molar-refractivity contribution in [1.29, 1.82) is 0 Å². The maximum Gasteiger partial charge on any atom is 0.194 e. The molecular formula is C9H7N3S2. The van der Waals surface area contributed by atoms with Crippen molar-refractivity contribution < 1.29 is 0 Å². The molecule has 0 spiro atoms. The van der Waals surface area contributed by atoms with E-state index in [1.165, 1.54) is 5.69 Å². The van der Waals surface area contributed by atoms with Gasteiger partial charge in [0.25, 0.3) is 0 Å². The quantitative estimate of drug-likeness (QED) is 0.632. The van der Waals surface area contributed by atoms with Crippen LogP contribution in [-0.4, -0.2) is 14.4 Å². The summed E-state index contributed by atoms with van der Waals surface area (Å²) in [6.07, 6.45) is 2.04. The molecule has 70 valence electrons. The van der Waals surface area contributed by atoms with Gasteiger partial charge in [-0.05, 0) is 6.92 Å². The average Bonchev–Trinajstić information content (AvgIpc) is 2.83. The predicted octanol–water partition coefficient (Wildman–Crippen LogP) is 2.83. The van der Waals surface area contributed by atoms with Crippen LogP contribution in [0.3, 0.4) is 0 Å². The molecular weight excluding hydrogens is 214 g/mol. The first-order chi connectivity index (χ1) is 6.84. The zero-order chi connectivity index (χ0) is 9.54. The molecule has 0 radical (unpaired) electrons. The molecule has 0 amide bonds. The van der Waals surface area contributed by atoms with Crippen molar-refractivity contribution in [2.45, 2.75) is 6.92 Å². The lowest BCUT2D eigenvalue weighted by molar-refractivity contribution is 1.13. The summed E-state index contributed by atoms with van der Waals surface area (Å²) in [6.45, 7) is 2.08. The van der Waals surface area contributed by atoms with Crippen molar-refractivity contribution in [3.63, 3.8) is 0 Å². The molecule has 0 unspecified atom stereocenters. The number of imidazole rings is 1. The minimum Gasteiger partial charge on any atom is -0.294 e. The van der Waals surface area contributed by atoms with Crippen molar-refractivity contribution in [2.24, 2.45) is 0 Å². The Balaban J connectivity index is 2.24. The second-order valence-electron chi connectivity index (χ2n) is 3.03. The summed E-state index contributed by atoms with van der Waals surface area (Å²) in [6, 6.07) is 0. The van der Waals surface area contributed by atoms with Crippen molar-refractivity contribution in [3.05, 3.63) is 28.2 Å². The van der Waals surface area contributed by atoms with Crippen LogP contribution in [0.15, 0.2) is 22.5 Å². The lowest BCUT2D eigenvalue weighted by Crippen LogP contribution is -1.78. The highest BCUT2D eigenvalue weighted by Crippen LogP contribution is 2.22. The van der Waals surface area contributed by atoms with Gasteiger partial charge < -0.3 is 0 Å². The van der Waals surface area contributed by atoms with E-state index in [2.05, 4.69) is 26.7 Å². The highest BCUT2D eigenvalue weighted by Gasteiger charge is 2.07. The summed E-state index contributed by atoms with van der Waals surface area (Å²) < 4.78 is 2.10. The third-order valence-electron chi connectivity index (χ3n) is 2.08. The number of nitrogens with zero attached hydrogens (tertiary/aromatic N) is 3. The number of hydrogen-bond acceptors (Lipinski definition) is 4. The number of hydrogen-bond donors (Lipinski definition) is 0. The van der Waals surface area contributed by atoms with E-state index in [0.29, 0.717) is 0 Å². The van der Waals surface area contributed by atoms with Crippen LogP contribution >= 0.6 is 22.7 Å². The summed E-state index contributed by atoms with van der Waals surface area (Å²) in [5.74, 6) is 0. The van der Waals surface area contributed by atoms with Gasteiger partial charge in [0.05, 0.1) is 5.51 Å². The normalized spacial score (nSPS) is 11.2. The first-order valence-corrected chi connectivity index (χ1v) is 5.98. The van der Waals surface area contributed by atoms with E-state index in [4.69, 9.17) is 0 Å². The van der Waals surface area contributed by atoms with Crippen molar-refractivity contribution in [1.82, 2.24) is 14.4 Å². The molecule has 3 rings (SSSR count). The van der Waals surface area contributed by atoms with Crippen LogP contribution < -0.4 is 0 Å². The van der Waals surface area contributed by atoms with E-state index in [0.717, 1.165) is 16.3 Å². The van der Waals surface area contributed by atoms with Gasteiger partial charge in [0.2, 0.25) is 0 Å². The van der Waals surface area contributed by atoms with Crippen molar-refractivity contribution in [2.75, 3.05) is 0 Å². The molecule has 0 aliphatic rings. The summed E-state index contributed by atoms with van der Waals surface area (Å²) in [4.78, 5) is 9.77. The lowest BCUT2D eigenvalue weighted by atomic mass is 10.4. The second-order valence-corrected chi connectivity index (χ2v) is 4.58. The first kappa shape index (κ1) is 8.14. The molecule has 3 aromatic heterocycles. The maximum absolute atomic E-state index is 4.50. The number of fused-ring (bicyclic) bond motifs is 1. The van der Waals surface area contributed by atoms with Crippen LogP contribution in [0.1, 0.15) is 5.69 Å². The summed E-state index contributed by atoms with van der Waals surface area (Å²) >= 11 is 3.25. The molecule has 0 aliphatic carbocycles. The van der Waals surface area contributed by atoms with E-state index in [-0.39, 0.29) is 0 Å². The maximum atomic E-state index is 4.50. The van der Waals surface area contributed by atoms with E-state index in [1.54, 1.807) is 22.7 Å². The SMILES string of the molecule is Cc1csc2nc(-c3cscn3)cn12. The standard InChI is InChI=1S/C9H7N3S2/c1-6-3-14-9-11-7(2-12(6)9)8-4-13-5-10-8/h2-5H,1H3. The zero-order valence-corrected chi connectivity index (χ0v) is 9.10. The molecule has 0 saturated carbocycles. The van der Waals surface area contributed by atoms with Gasteiger partial charge in [0.15, 0.2) is 4.96 Å². The minimum absolute atomic E-state index is 0.959. The molecule has 0 saturated heterocycles. The Kier molecular flexibility index (Phi) is 1.68. The first-order valence-electron chi connectivity index (χ1n) is 4.16. The Morgan fingerprint density at radius 3 is 2.93 bits per heavy atom. The summed E-state index contributed by atoms with van der Waals surface area (Å²) in [7, 11) is 0. The van der Waals surface area contributed by atoms with Crippen LogP contribution in [0, 0.1) is 6.92 Å². The fraction of sp³-hybridized carbons (Fsp3) is 0.111. The topological polar surface area (TPSA) is 30.2 Å².